The smallest absolute Gasteiger partial charge is 0.325 e. The quantitative estimate of drug-likeness (QED) is 0.263. The molecule has 0 spiro atoms. The zero-order valence-corrected chi connectivity index (χ0v) is 22.0. The number of nitrogens with one attached hydrogen (secondary N) is 4. The number of rotatable bonds is 13. The lowest BCUT2D eigenvalue weighted by Crippen LogP contribution is -2.54. The number of carbonyl (C=O) groups is 5. The van der Waals surface area contributed by atoms with Crippen LogP contribution in [-0.4, -0.2) is 97.9 Å². The van der Waals surface area contributed by atoms with E-state index in [1.165, 1.54) is 7.11 Å². The number of hydrogen-bond donors (Lipinski definition) is 4. The molecule has 4 amide bonds. The SMILES string of the molecule is CC.COC(=O)CNC(=O)CNC(=O)CNC(=O)[C@H](CCSC)NC(=O)[C@@H]1CCCN1C(C)C.[HH].[HH].[HH].[HH]. The average Bonchev–Trinajstić information content (AvgIpc) is 3.34. The maximum Gasteiger partial charge on any atom is 0.325 e. The Morgan fingerprint density at radius 1 is 1.03 bits per heavy atom. The third-order valence-corrected chi connectivity index (χ3v) is 5.67. The van der Waals surface area contributed by atoms with Crippen LogP contribution in [0.2, 0.25) is 0 Å². The molecule has 34 heavy (non-hydrogen) atoms. The average molecular weight is 512 g/mol. The molecule has 0 aromatic rings. The molecule has 2 atom stereocenters. The molecule has 4 N–H and O–H groups in total. The summed E-state index contributed by atoms with van der Waals surface area (Å²) < 4.78 is 4.40. The van der Waals surface area contributed by atoms with E-state index in [9.17, 15) is 24.0 Å². The van der Waals surface area contributed by atoms with Crippen molar-refractivity contribution in [2.75, 3.05) is 45.3 Å². The van der Waals surface area contributed by atoms with Gasteiger partial charge in [-0.1, -0.05) is 13.8 Å². The molecule has 1 aliphatic heterocycles. The fourth-order valence-electron chi connectivity index (χ4n) is 3.30. The van der Waals surface area contributed by atoms with Crippen LogP contribution in [0.5, 0.6) is 0 Å². The van der Waals surface area contributed by atoms with Gasteiger partial charge in [-0.05, 0) is 51.7 Å². The molecular formula is C22H49N5O6S. The fraction of sp³-hybridized carbons (Fsp3) is 0.773. The Bertz CT molecular complexity index is 695. The van der Waals surface area contributed by atoms with Crippen LogP contribution in [0.25, 0.3) is 0 Å². The first kappa shape index (κ1) is 31.7. The van der Waals surface area contributed by atoms with Crippen molar-refractivity contribution in [1.82, 2.24) is 26.2 Å². The summed E-state index contributed by atoms with van der Waals surface area (Å²) in [7, 11) is 1.20. The van der Waals surface area contributed by atoms with Crippen LogP contribution >= 0.6 is 11.8 Å². The zero-order valence-electron chi connectivity index (χ0n) is 21.2. The van der Waals surface area contributed by atoms with Gasteiger partial charge in [-0.3, -0.25) is 28.9 Å². The highest BCUT2D eigenvalue weighted by Crippen LogP contribution is 2.20. The number of nitrogens with zero attached hydrogens (tertiary/aromatic N) is 1. The van der Waals surface area contributed by atoms with E-state index < -0.39 is 29.7 Å². The fourth-order valence-corrected chi connectivity index (χ4v) is 3.77. The van der Waals surface area contributed by atoms with Gasteiger partial charge in [-0.15, -0.1) is 0 Å². The van der Waals surface area contributed by atoms with Gasteiger partial charge < -0.3 is 26.0 Å². The molecule has 1 aliphatic rings. The summed E-state index contributed by atoms with van der Waals surface area (Å²) in [4.78, 5) is 62.0. The van der Waals surface area contributed by atoms with E-state index in [0.717, 1.165) is 19.4 Å². The topological polar surface area (TPSA) is 146 Å². The van der Waals surface area contributed by atoms with Crippen molar-refractivity contribution in [3.8, 4) is 0 Å². The van der Waals surface area contributed by atoms with Crippen molar-refractivity contribution in [2.24, 2.45) is 0 Å². The van der Waals surface area contributed by atoms with E-state index >= 15 is 0 Å². The van der Waals surface area contributed by atoms with Crippen molar-refractivity contribution in [2.45, 2.75) is 65.1 Å². The summed E-state index contributed by atoms with van der Waals surface area (Å²) in [5.74, 6) is -1.70. The Labute approximate surface area is 212 Å². The Hall–Kier alpha value is -2.34. The van der Waals surface area contributed by atoms with Crippen LogP contribution in [0.1, 0.15) is 52.7 Å². The maximum absolute atomic E-state index is 12.8. The number of hydrogen-bond acceptors (Lipinski definition) is 8. The standard InChI is InChI=1S/C20H35N5O6S.C2H6.4H2/c1-13(2)25-8-5-6-15(25)20(30)24-14(7-9-32-4)19(29)23-11-17(27)21-10-16(26)22-12-18(28)31-3;1-2;;;;/h13-15H,5-12H2,1-4H3,(H,21,27)(H,22,26)(H,23,29)(H,24,30);1-2H3;4*1H/t14-,15-;;;;;/m0...../s1. The van der Waals surface area contributed by atoms with E-state index in [-0.39, 0.29) is 43.3 Å². The number of ether oxygens (including phenoxy) is 1. The van der Waals surface area contributed by atoms with Crippen molar-refractivity contribution < 1.29 is 34.4 Å². The molecule has 11 nitrogen and oxygen atoms in total. The van der Waals surface area contributed by atoms with Gasteiger partial charge in [0.25, 0.3) is 0 Å². The van der Waals surface area contributed by atoms with Gasteiger partial charge in [0.2, 0.25) is 23.6 Å². The van der Waals surface area contributed by atoms with E-state index in [0.29, 0.717) is 12.2 Å². The summed E-state index contributed by atoms with van der Waals surface area (Å²) in [6.45, 7) is 7.95. The Balaban J connectivity index is -0.000000590. The molecule has 0 bridgehead atoms. The summed E-state index contributed by atoms with van der Waals surface area (Å²) in [6, 6.07) is -0.771. The minimum atomic E-state index is -0.749. The van der Waals surface area contributed by atoms with Crippen LogP contribution in [0.15, 0.2) is 0 Å². The molecule has 1 saturated heterocycles. The summed E-state index contributed by atoms with van der Waals surface area (Å²) in [6.07, 6.45) is 4.03. The molecule has 0 aromatic carbocycles. The molecule has 1 heterocycles. The number of likely N-dealkylation sites (tertiary alicyclic amines) is 1. The van der Waals surface area contributed by atoms with Crippen LogP contribution < -0.4 is 21.3 Å². The minimum Gasteiger partial charge on any atom is -0.468 e. The van der Waals surface area contributed by atoms with Gasteiger partial charge in [0.15, 0.2) is 0 Å². The van der Waals surface area contributed by atoms with Gasteiger partial charge >= 0.3 is 5.97 Å². The number of carbonyl (C=O) groups excluding carboxylic acids is 5. The summed E-state index contributed by atoms with van der Waals surface area (Å²) in [5, 5.41) is 9.98. The van der Waals surface area contributed by atoms with Crippen molar-refractivity contribution in [3.05, 3.63) is 0 Å². The second-order valence-corrected chi connectivity index (χ2v) is 8.67. The van der Waals surface area contributed by atoms with Gasteiger partial charge in [0, 0.05) is 11.7 Å². The highest BCUT2D eigenvalue weighted by atomic mass is 32.2. The largest absolute Gasteiger partial charge is 0.468 e. The third-order valence-electron chi connectivity index (χ3n) is 5.03. The normalized spacial score (nSPS) is 16.0. The van der Waals surface area contributed by atoms with Gasteiger partial charge in [0.1, 0.15) is 12.6 Å². The number of esters is 1. The lowest BCUT2D eigenvalue weighted by molar-refractivity contribution is -0.141. The van der Waals surface area contributed by atoms with E-state index in [1.807, 2.05) is 34.0 Å². The molecule has 1 fully saturated rings. The first-order valence-electron chi connectivity index (χ1n) is 11.6. The summed E-state index contributed by atoms with van der Waals surface area (Å²) in [5.41, 5.74) is 0. The molecule has 1 rings (SSSR count). The van der Waals surface area contributed by atoms with Crippen LogP contribution in [0, 0.1) is 0 Å². The Morgan fingerprint density at radius 3 is 2.18 bits per heavy atom. The Morgan fingerprint density at radius 2 is 1.62 bits per heavy atom. The van der Waals surface area contributed by atoms with Gasteiger partial charge in [0.05, 0.1) is 26.2 Å². The molecular weight excluding hydrogens is 462 g/mol. The molecule has 12 heteroatoms. The molecule has 0 saturated carbocycles. The number of amides is 4. The number of methoxy groups -OCH3 is 1. The molecule has 0 aromatic heterocycles. The maximum atomic E-state index is 12.8. The highest BCUT2D eigenvalue weighted by Gasteiger charge is 2.34. The van der Waals surface area contributed by atoms with E-state index in [2.05, 4.69) is 30.9 Å². The monoisotopic (exact) mass is 511 g/mol. The lowest BCUT2D eigenvalue weighted by Gasteiger charge is -2.29. The van der Waals surface area contributed by atoms with Crippen molar-refractivity contribution in [3.63, 3.8) is 0 Å². The van der Waals surface area contributed by atoms with Crippen LogP contribution in [0.3, 0.4) is 0 Å². The van der Waals surface area contributed by atoms with E-state index in [4.69, 9.17) is 0 Å². The van der Waals surface area contributed by atoms with Crippen LogP contribution in [0.4, 0.5) is 0 Å². The molecule has 0 radical (unpaired) electrons. The highest BCUT2D eigenvalue weighted by molar-refractivity contribution is 7.98. The number of thioether (sulfide) groups is 1. The van der Waals surface area contributed by atoms with E-state index in [1.54, 1.807) is 11.8 Å². The van der Waals surface area contributed by atoms with Crippen LogP contribution in [-0.2, 0) is 28.7 Å². The zero-order chi connectivity index (χ0) is 26.1. The molecule has 0 aliphatic carbocycles. The predicted molar refractivity (Wildman–Crippen MR) is 141 cm³/mol. The Kier molecular flexibility index (Phi) is 16.8. The second kappa shape index (κ2) is 18.0. The molecule has 204 valence electrons. The lowest BCUT2D eigenvalue weighted by atomic mass is 10.1. The third kappa shape index (κ3) is 12.2. The second-order valence-electron chi connectivity index (χ2n) is 7.68. The van der Waals surface area contributed by atoms with Crippen molar-refractivity contribution >= 4 is 41.4 Å². The first-order chi connectivity index (χ1) is 16.2. The van der Waals surface area contributed by atoms with Crippen molar-refractivity contribution in [1.29, 1.82) is 0 Å². The van der Waals surface area contributed by atoms with Gasteiger partial charge in [-0.2, -0.15) is 11.8 Å². The summed E-state index contributed by atoms with van der Waals surface area (Å²) >= 11 is 1.56. The predicted octanol–water partition coefficient (Wildman–Crippen LogP) is 0.629. The minimum absolute atomic E-state index is 0. The molecule has 0 unspecified atom stereocenters. The van der Waals surface area contributed by atoms with Gasteiger partial charge in [-0.25, -0.2) is 0 Å². The first-order valence-corrected chi connectivity index (χ1v) is 13.0.